The van der Waals surface area contributed by atoms with E-state index in [1.807, 2.05) is 11.4 Å². The van der Waals surface area contributed by atoms with Crippen molar-refractivity contribution < 1.29 is 9.59 Å². The fourth-order valence-electron chi connectivity index (χ4n) is 3.38. The van der Waals surface area contributed by atoms with Crippen molar-refractivity contribution in [1.82, 2.24) is 10.3 Å². The van der Waals surface area contributed by atoms with Gasteiger partial charge in [-0.15, -0.1) is 22.7 Å². The van der Waals surface area contributed by atoms with Crippen LogP contribution < -0.4 is 10.6 Å². The van der Waals surface area contributed by atoms with Crippen LogP contribution in [0.4, 0.5) is 5.13 Å². The molecular formula is C21H20ClN3O2S2. The summed E-state index contributed by atoms with van der Waals surface area (Å²) in [6.07, 6.45) is 3.46. The quantitative estimate of drug-likeness (QED) is 0.567. The molecule has 1 aliphatic carbocycles. The highest BCUT2D eigenvalue weighted by Crippen LogP contribution is 2.37. The van der Waals surface area contributed by atoms with E-state index in [4.69, 9.17) is 11.6 Å². The predicted octanol–water partition coefficient (Wildman–Crippen LogP) is 4.89. The summed E-state index contributed by atoms with van der Waals surface area (Å²) >= 11 is 9.03. The first-order valence-corrected chi connectivity index (χ1v) is 11.5. The first-order valence-electron chi connectivity index (χ1n) is 9.47. The van der Waals surface area contributed by atoms with Crippen molar-refractivity contribution in [3.05, 3.63) is 67.8 Å². The maximum atomic E-state index is 12.7. The Morgan fingerprint density at radius 3 is 2.79 bits per heavy atom. The topological polar surface area (TPSA) is 71.1 Å². The van der Waals surface area contributed by atoms with Gasteiger partial charge in [0, 0.05) is 26.9 Å². The summed E-state index contributed by atoms with van der Waals surface area (Å²) in [6, 6.07) is 10.8. The Morgan fingerprint density at radius 2 is 2.03 bits per heavy atom. The van der Waals surface area contributed by atoms with E-state index < -0.39 is 0 Å². The summed E-state index contributed by atoms with van der Waals surface area (Å²) in [7, 11) is 0. The molecule has 1 unspecified atom stereocenters. The van der Waals surface area contributed by atoms with E-state index in [0.29, 0.717) is 22.3 Å². The summed E-state index contributed by atoms with van der Waals surface area (Å²) in [6.45, 7) is 0.621. The number of carbonyl (C=O) groups is 2. The largest absolute Gasteiger partial charge is 0.355 e. The average molecular weight is 446 g/mol. The molecule has 2 amide bonds. The lowest BCUT2D eigenvalue weighted by molar-refractivity contribution is -0.122. The molecule has 1 aromatic carbocycles. The van der Waals surface area contributed by atoms with Crippen molar-refractivity contribution in [3.8, 4) is 0 Å². The summed E-state index contributed by atoms with van der Waals surface area (Å²) in [5.74, 6) is -0.465. The lowest BCUT2D eigenvalue weighted by Gasteiger charge is -2.20. The molecule has 150 valence electrons. The molecular weight excluding hydrogens is 426 g/mol. The number of fused-ring (bicyclic) bond motifs is 1. The number of aryl methyl sites for hydroxylation is 1. The zero-order valence-electron chi connectivity index (χ0n) is 15.6. The molecule has 29 heavy (non-hydrogen) atoms. The zero-order chi connectivity index (χ0) is 20.2. The van der Waals surface area contributed by atoms with Crippen LogP contribution in [0.15, 0.2) is 41.8 Å². The SMILES string of the molecule is O=C(Nc1nc2c(s1)CCCC2C(=O)NCCc1cccs1)c1ccc(Cl)cc1. The molecule has 5 nitrogen and oxygen atoms in total. The number of aromatic nitrogens is 1. The molecule has 0 spiro atoms. The van der Waals surface area contributed by atoms with Crippen molar-refractivity contribution in [1.29, 1.82) is 0 Å². The lowest BCUT2D eigenvalue weighted by Crippen LogP contribution is -2.32. The van der Waals surface area contributed by atoms with Crippen molar-refractivity contribution in [3.63, 3.8) is 0 Å². The highest BCUT2D eigenvalue weighted by atomic mass is 35.5. The molecule has 8 heteroatoms. The van der Waals surface area contributed by atoms with Gasteiger partial charge in [-0.05, 0) is 61.4 Å². The average Bonchev–Trinajstić information content (AvgIpc) is 3.37. The van der Waals surface area contributed by atoms with Gasteiger partial charge < -0.3 is 5.32 Å². The normalized spacial score (nSPS) is 15.6. The van der Waals surface area contributed by atoms with Crippen LogP contribution in [0.3, 0.4) is 0 Å². The third kappa shape index (κ3) is 4.86. The summed E-state index contributed by atoms with van der Waals surface area (Å²) < 4.78 is 0. The van der Waals surface area contributed by atoms with Crippen molar-refractivity contribution in [2.45, 2.75) is 31.6 Å². The Hall–Kier alpha value is -2.22. The molecule has 0 fully saturated rings. The van der Waals surface area contributed by atoms with Crippen LogP contribution in [0.1, 0.15) is 44.6 Å². The number of nitrogens with one attached hydrogen (secondary N) is 2. The second-order valence-corrected chi connectivity index (χ2v) is 9.41. The van der Waals surface area contributed by atoms with Crippen LogP contribution >= 0.6 is 34.3 Å². The van der Waals surface area contributed by atoms with Gasteiger partial charge in [0.1, 0.15) is 0 Å². The maximum Gasteiger partial charge on any atom is 0.257 e. The third-order valence-corrected chi connectivity index (χ3v) is 7.08. The van der Waals surface area contributed by atoms with Crippen LogP contribution in [0.5, 0.6) is 0 Å². The van der Waals surface area contributed by atoms with Crippen LogP contribution in [-0.4, -0.2) is 23.3 Å². The number of halogens is 1. The number of amides is 2. The van der Waals surface area contributed by atoms with Crippen LogP contribution in [0, 0.1) is 0 Å². The van der Waals surface area contributed by atoms with Crippen LogP contribution in [-0.2, 0) is 17.6 Å². The molecule has 1 atom stereocenters. The van der Waals surface area contributed by atoms with E-state index in [1.165, 1.54) is 16.2 Å². The monoisotopic (exact) mass is 445 g/mol. The highest BCUT2D eigenvalue weighted by molar-refractivity contribution is 7.16. The van der Waals surface area contributed by atoms with Gasteiger partial charge in [0.25, 0.3) is 5.91 Å². The minimum absolute atomic E-state index is 0.0170. The molecule has 0 saturated heterocycles. The Labute approximate surface area is 182 Å². The van der Waals surface area contributed by atoms with Gasteiger partial charge in [-0.25, -0.2) is 4.98 Å². The molecule has 0 saturated carbocycles. The summed E-state index contributed by atoms with van der Waals surface area (Å²) in [5.41, 5.74) is 1.33. The van der Waals surface area contributed by atoms with Gasteiger partial charge in [0.15, 0.2) is 5.13 Å². The van der Waals surface area contributed by atoms with E-state index >= 15 is 0 Å². The highest BCUT2D eigenvalue weighted by Gasteiger charge is 2.30. The van der Waals surface area contributed by atoms with Gasteiger partial charge in [-0.1, -0.05) is 17.7 Å². The van der Waals surface area contributed by atoms with Gasteiger partial charge in [0.2, 0.25) is 5.91 Å². The molecule has 2 heterocycles. The number of hydrogen-bond donors (Lipinski definition) is 2. The van der Waals surface area contributed by atoms with Crippen molar-refractivity contribution >= 4 is 51.2 Å². The van der Waals surface area contributed by atoms with Gasteiger partial charge in [-0.3, -0.25) is 14.9 Å². The van der Waals surface area contributed by atoms with E-state index in [2.05, 4.69) is 21.7 Å². The summed E-state index contributed by atoms with van der Waals surface area (Å²) in [5, 5.41) is 9.06. The number of rotatable bonds is 6. The van der Waals surface area contributed by atoms with Crippen LogP contribution in [0.2, 0.25) is 5.02 Å². The Kier molecular flexibility index (Phi) is 6.28. The Bertz CT molecular complexity index is 1000. The number of benzene rings is 1. The summed E-state index contributed by atoms with van der Waals surface area (Å²) in [4.78, 5) is 32.1. The molecule has 3 aromatic rings. The van der Waals surface area contributed by atoms with Gasteiger partial charge >= 0.3 is 0 Å². The molecule has 0 radical (unpaired) electrons. The first kappa shape index (κ1) is 20.1. The fourth-order valence-corrected chi connectivity index (χ4v) is 5.28. The standard InChI is InChI=1S/C21H20ClN3O2S2/c22-14-8-6-13(7-9-14)19(26)25-21-24-18-16(4-1-5-17(18)29-21)20(27)23-11-10-15-3-2-12-28-15/h2-3,6-9,12,16H,1,4-5,10-11H2,(H,23,27)(H,24,25,26). The van der Waals surface area contributed by atoms with Gasteiger partial charge in [-0.2, -0.15) is 0 Å². The second kappa shape index (κ2) is 9.07. The number of anilines is 1. The molecule has 4 rings (SSSR count). The minimum Gasteiger partial charge on any atom is -0.355 e. The first-order chi connectivity index (χ1) is 14.1. The smallest absolute Gasteiger partial charge is 0.257 e. The minimum atomic E-state index is -0.250. The van der Waals surface area contributed by atoms with E-state index in [-0.39, 0.29) is 17.7 Å². The number of carbonyl (C=O) groups excluding carboxylic acids is 2. The predicted molar refractivity (Wildman–Crippen MR) is 118 cm³/mol. The van der Waals surface area contributed by atoms with Crippen molar-refractivity contribution in [2.75, 3.05) is 11.9 Å². The van der Waals surface area contributed by atoms with E-state index in [1.54, 1.807) is 35.6 Å². The lowest BCUT2D eigenvalue weighted by atomic mass is 9.90. The number of thiazole rings is 1. The maximum absolute atomic E-state index is 12.7. The van der Waals surface area contributed by atoms with Crippen molar-refractivity contribution in [2.24, 2.45) is 0 Å². The Morgan fingerprint density at radius 1 is 1.21 bits per heavy atom. The van der Waals surface area contributed by atoms with E-state index in [9.17, 15) is 9.59 Å². The van der Waals surface area contributed by atoms with Gasteiger partial charge in [0.05, 0.1) is 11.6 Å². The molecule has 1 aliphatic rings. The molecule has 2 aromatic heterocycles. The van der Waals surface area contributed by atoms with Crippen LogP contribution in [0.25, 0.3) is 0 Å². The number of thiophene rings is 1. The van der Waals surface area contributed by atoms with E-state index in [0.717, 1.165) is 36.3 Å². The Balaban J connectivity index is 1.41. The number of nitrogens with zero attached hydrogens (tertiary/aromatic N) is 1. The zero-order valence-corrected chi connectivity index (χ0v) is 18.0. The molecule has 0 aliphatic heterocycles. The third-order valence-electron chi connectivity index (χ3n) is 4.85. The molecule has 2 N–H and O–H groups in total. The molecule has 0 bridgehead atoms. The fraction of sp³-hybridized carbons (Fsp3) is 0.286. The number of hydrogen-bond acceptors (Lipinski definition) is 5. The second-order valence-electron chi connectivity index (χ2n) is 6.85.